The molecule has 0 aliphatic carbocycles. The quantitative estimate of drug-likeness (QED) is 0.583. The minimum Gasteiger partial charge on any atom is -0.478 e. The van der Waals surface area contributed by atoms with Crippen molar-refractivity contribution < 1.29 is 24.6 Å². The van der Waals surface area contributed by atoms with Gasteiger partial charge in [0.1, 0.15) is 0 Å². The molecular formula is C15H11NO5. The molecule has 6 nitrogen and oxygen atoms in total. The van der Waals surface area contributed by atoms with E-state index in [1.54, 1.807) is 6.07 Å². The predicted octanol–water partition coefficient (Wildman–Crippen LogP) is 1.90. The summed E-state index contributed by atoms with van der Waals surface area (Å²) >= 11 is 0. The molecule has 0 heterocycles. The van der Waals surface area contributed by atoms with Gasteiger partial charge in [-0.05, 0) is 18.2 Å². The largest absolute Gasteiger partial charge is 0.478 e. The fraction of sp³-hybridized carbons (Fsp3) is 0. The van der Waals surface area contributed by atoms with Crippen molar-refractivity contribution in [3.8, 4) is 0 Å². The van der Waals surface area contributed by atoms with Crippen molar-refractivity contribution >= 4 is 23.4 Å². The van der Waals surface area contributed by atoms with Gasteiger partial charge >= 0.3 is 11.9 Å². The van der Waals surface area contributed by atoms with Crippen LogP contribution < -0.4 is 5.73 Å². The monoisotopic (exact) mass is 285 g/mol. The Bertz CT molecular complexity index is 751. The topological polar surface area (TPSA) is 118 Å². The van der Waals surface area contributed by atoms with Gasteiger partial charge in [-0.2, -0.15) is 0 Å². The van der Waals surface area contributed by atoms with Crippen LogP contribution in [-0.2, 0) is 0 Å². The van der Waals surface area contributed by atoms with Gasteiger partial charge < -0.3 is 15.9 Å². The fourth-order valence-electron chi connectivity index (χ4n) is 1.92. The van der Waals surface area contributed by atoms with E-state index in [2.05, 4.69) is 0 Å². The number of ketones is 1. The summed E-state index contributed by atoms with van der Waals surface area (Å²) in [6.45, 7) is 0. The van der Waals surface area contributed by atoms with Gasteiger partial charge in [0.25, 0.3) is 0 Å². The third-order valence-electron chi connectivity index (χ3n) is 2.95. The Morgan fingerprint density at radius 3 is 1.90 bits per heavy atom. The second-order valence-corrected chi connectivity index (χ2v) is 4.29. The Labute approximate surface area is 119 Å². The first-order valence-electron chi connectivity index (χ1n) is 5.91. The van der Waals surface area contributed by atoms with Crippen molar-refractivity contribution in [3.63, 3.8) is 0 Å². The van der Waals surface area contributed by atoms with Gasteiger partial charge in [-0.15, -0.1) is 0 Å². The van der Waals surface area contributed by atoms with Crippen LogP contribution in [0, 0.1) is 0 Å². The number of rotatable bonds is 4. The maximum Gasteiger partial charge on any atom is 0.337 e. The van der Waals surface area contributed by atoms with E-state index in [0.717, 1.165) is 0 Å². The summed E-state index contributed by atoms with van der Waals surface area (Å²) in [4.78, 5) is 34.3. The Kier molecular flexibility index (Phi) is 3.71. The third-order valence-corrected chi connectivity index (χ3v) is 2.95. The van der Waals surface area contributed by atoms with Gasteiger partial charge in [-0.1, -0.05) is 24.3 Å². The molecular weight excluding hydrogens is 274 g/mol. The summed E-state index contributed by atoms with van der Waals surface area (Å²) in [5, 5.41) is 18.0. The van der Waals surface area contributed by atoms with Crippen molar-refractivity contribution in [2.45, 2.75) is 0 Å². The number of hydrogen-bond donors (Lipinski definition) is 3. The van der Waals surface area contributed by atoms with Gasteiger partial charge in [-0.25, -0.2) is 9.59 Å². The first-order valence-corrected chi connectivity index (χ1v) is 5.91. The molecule has 2 aromatic rings. The van der Waals surface area contributed by atoms with E-state index >= 15 is 0 Å². The molecule has 0 aliphatic rings. The lowest BCUT2D eigenvalue weighted by molar-refractivity contribution is 0.0685. The Morgan fingerprint density at radius 1 is 0.810 bits per heavy atom. The van der Waals surface area contributed by atoms with Gasteiger partial charge in [-0.3, -0.25) is 4.79 Å². The van der Waals surface area contributed by atoms with E-state index in [4.69, 9.17) is 15.9 Å². The van der Waals surface area contributed by atoms with Crippen molar-refractivity contribution in [1.82, 2.24) is 0 Å². The number of benzene rings is 2. The summed E-state index contributed by atoms with van der Waals surface area (Å²) in [5.41, 5.74) is 5.45. The summed E-state index contributed by atoms with van der Waals surface area (Å²) < 4.78 is 0. The Balaban J connectivity index is 2.49. The van der Waals surface area contributed by atoms with Gasteiger partial charge in [0, 0.05) is 16.8 Å². The highest BCUT2D eigenvalue weighted by Crippen LogP contribution is 2.19. The zero-order valence-corrected chi connectivity index (χ0v) is 10.7. The maximum atomic E-state index is 12.3. The molecule has 0 saturated carbocycles. The van der Waals surface area contributed by atoms with E-state index in [1.165, 1.54) is 36.4 Å². The standard InChI is InChI=1S/C15H11NO5/c16-12-7-8(5-6-11(12)15(20)21)13(17)9-3-1-2-4-10(9)14(18)19/h1-7H,16H2,(H,18,19)(H,20,21). The van der Waals surface area contributed by atoms with Gasteiger partial charge in [0.2, 0.25) is 0 Å². The number of anilines is 1. The lowest BCUT2D eigenvalue weighted by Gasteiger charge is -2.07. The van der Waals surface area contributed by atoms with Gasteiger partial charge in [0.15, 0.2) is 5.78 Å². The highest BCUT2D eigenvalue weighted by Gasteiger charge is 2.18. The number of carbonyl (C=O) groups excluding carboxylic acids is 1. The van der Waals surface area contributed by atoms with Crippen LogP contribution >= 0.6 is 0 Å². The smallest absolute Gasteiger partial charge is 0.337 e. The zero-order valence-electron chi connectivity index (χ0n) is 10.7. The van der Waals surface area contributed by atoms with Crippen molar-refractivity contribution in [3.05, 3.63) is 64.7 Å². The highest BCUT2D eigenvalue weighted by atomic mass is 16.4. The fourth-order valence-corrected chi connectivity index (χ4v) is 1.92. The zero-order chi connectivity index (χ0) is 15.6. The number of carboxylic acid groups (broad SMARTS) is 2. The van der Waals surface area contributed by atoms with Crippen LogP contribution in [-0.4, -0.2) is 27.9 Å². The minimum atomic E-state index is -1.21. The summed E-state index contributed by atoms with van der Waals surface area (Å²) in [6, 6.07) is 9.54. The van der Waals surface area contributed by atoms with Crippen LogP contribution in [0.4, 0.5) is 5.69 Å². The molecule has 0 unspecified atom stereocenters. The number of aromatic carboxylic acids is 2. The molecule has 2 rings (SSSR count). The van der Waals surface area contributed by atoms with Crippen molar-refractivity contribution in [2.75, 3.05) is 5.73 Å². The lowest BCUT2D eigenvalue weighted by atomic mass is 9.97. The molecule has 0 bridgehead atoms. The molecule has 0 aromatic heterocycles. The molecule has 0 spiro atoms. The molecule has 106 valence electrons. The molecule has 0 amide bonds. The number of carboxylic acids is 2. The Hall–Kier alpha value is -3.15. The van der Waals surface area contributed by atoms with Crippen LogP contribution in [0.3, 0.4) is 0 Å². The summed E-state index contributed by atoms with van der Waals surface area (Å²) in [6.07, 6.45) is 0. The SMILES string of the molecule is Nc1cc(C(=O)c2ccccc2C(=O)O)ccc1C(=O)O. The van der Waals surface area contributed by atoms with E-state index in [1.807, 2.05) is 0 Å². The van der Waals surface area contributed by atoms with Crippen LogP contribution in [0.2, 0.25) is 0 Å². The average molecular weight is 285 g/mol. The molecule has 4 N–H and O–H groups in total. The van der Waals surface area contributed by atoms with E-state index < -0.39 is 17.7 Å². The first-order chi connectivity index (χ1) is 9.91. The lowest BCUT2D eigenvalue weighted by Crippen LogP contribution is -2.11. The summed E-state index contributed by atoms with van der Waals surface area (Å²) in [7, 11) is 0. The number of hydrogen-bond acceptors (Lipinski definition) is 4. The summed E-state index contributed by atoms with van der Waals surface area (Å²) in [5.74, 6) is -2.94. The molecule has 0 atom stereocenters. The second kappa shape index (κ2) is 5.46. The number of nitrogen functional groups attached to an aromatic ring is 1. The number of nitrogens with two attached hydrogens (primary N) is 1. The molecule has 0 radical (unpaired) electrons. The van der Waals surface area contributed by atoms with E-state index in [9.17, 15) is 14.4 Å². The molecule has 2 aromatic carbocycles. The van der Waals surface area contributed by atoms with Crippen molar-refractivity contribution in [2.24, 2.45) is 0 Å². The molecule has 0 aliphatic heterocycles. The second-order valence-electron chi connectivity index (χ2n) is 4.29. The number of carbonyl (C=O) groups is 3. The van der Waals surface area contributed by atoms with E-state index in [-0.39, 0.29) is 27.9 Å². The third kappa shape index (κ3) is 2.74. The molecule has 6 heteroatoms. The molecule has 0 fully saturated rings. The van der Waals surface area contributed by atoms with Crippen molar-refractivity contribution in [1.29, 1.82) is 0 Å². The molecule has 21 heavy (non-hydrogen) atoms. The Morgan fingerprint density at radius 2 is 1.38 bits per heavy atom. The van der Waals surface area contributed by atoms with E-state index in [0.29, 0.717) is 0 Å². The van der Waals surface area contributed by atoms with Crippen LogP contribution in [0.15, 0.2) is 42.5 Å². The first kappa shape index (κ1) is 14.3. The molecule has 0 saturated heterocycles. The maximum absolute atomic E-state index is 12.3. The average Bonchev–Trinajstić information content (AvgIpc) is 2.45. The predicted molar refractivity (Wildman–Crippen MR) is 74.6 cm³/mol. The van der Waals surface area contributed by atoms with Crippen LogP contribution in [0.1, 0.15) is 36.6 Å². The van der Waals surface area contributed by atoms with Crippen LogP contribution in [0.25, 0.3) is 0 Å². The minimum absolute atomic E-state index is 0.0208. The normalized spacial score (nSPS) is 10.1. The van der Waals surface area contributed by atoms with Gasteiger partial charge in [0.05, 0.1) is 11.1 Å². The highest BCUT2D eigenvalue weighted by molar-refractivity contribution is 6.15. The van der Waals surface area contributed by atoms with Crippen LogP contribution in [0.5, 0.6) is 0 Å².